The summed E-state index contributed by atoms with van der Waals surface area (Å²) in [5.41, 5.74) is 1.42. The molecule has 1 fully saturated rings. The molecule has 3 aromatic rings. The Labute approximate surface area is 174 Å². The fourth-order valence-corrected chi connectivity index (χ4v) is 3.62. The number of rotatable bonds is 5. The van der Waals surface area contributed by atoms with Gasteiger partial charge in [-0.15, -0.1) is 0 Å². The summed E-state index contributed by atoms with van der Waals surface area (Å²) in [6.45, 7) is 2.00. The van der Waals surface area contributed by atoms with Crippen LogP contribution in [-0.4, -0.2) is 53.3 Å². The molecule has 1 aliphatic rings. The molecule has 1 aromatic heterocycles. The molecule has 0 atom stereocenters. The van der Waals surface area contributed by atoms with Crippen LogP contribution < -0.4 is 14.8 Å². The highest BCUT2D eigenvalue weighted by Gasteiger charge is 2.21. The number of phenols is 1. The van der Waals surface area contributed by atoms with Gasteiger partial charge in [0.1, 0.15) is 35.5 Å². The van der Waals surface area contributed by atoms with E-state index in [4.69, 9.17) is 21.1 Å². The summed E-state index contributed by atoms with van der Waals surface area (Å²) in [5, 5.41) is 14.0. The molecule has 7 nitrogen and oxygen atoms in total. The molecule has 0 radical (unpaired) electrons. The Balaban J connectivity index is 1.73. The standard InChI is InChI=1S/C21H23ClN4O3/c1-26-7-5-14(6-8-26)29-19-11-15(28-2)10-17-20(19)21(24-12-23-17)25-13-3-4-18(27)16(22)9-13/h3-4,9-12,14,27H,5-8H2,1-2H3,(H,23,24,25). The van der Waals surface area contributed by atoms with Crippen molar-refractivity contribution in [2.75, 3.05) is 32.6 Å². The van der Waals surface area contributed by atoms with Gasteiger partial charge in [-0.2, -0.15) is 0 Å². The molecular formula is C21H23ClN4O3. The van der Waals surface area contributed by atoms with E-state index in [1.165, 1.54) is 12.4 Å². The fourth-order valence-electron chi connectivity index (χ4n) is 3.44. The number of ether oxygens (including phenoxy) is 2. The van der Waals surface area contributed by atoms with Gasteiger partial charge in [0.05, 0.1) is 23.0 Å². The Hall–Kier alpha value is -2.77. The number of fused-ring (bicyclic) bond motifs is 1. The number of aromatic nitrogens is 2. The lowest BCUT2D eigenvalue weighted by atomic mass is 10.1. The first kappa shape index (κ1) is 19.5. The predicted molar refractivity (Wildman–Crippen MR) is 114 cm³/mol. The lowest BCUT2D eigenvalue weighted by Gasteiger charge is -2.29. The Morgan fingerprint density at radius 1 is 1.17 bits per heavy atom. The van der Waals surface area contributed by atoms with Crippen LogP contribution in [0.2, 0.25) is 5.02 Å². The quantitative estimate of drug-likeness (QED) is 0.605. The highest BCUT2D eigenvalue weighted by molar-refractivity contribution is 6.32. The molecule has 1 saturated heterocycles. The van der Waals surface area contributed by atoms with Crippen molar-refractivity contribution < 1.29 is 14.6 Å². The van der Waals surface area contributed by atoms with Crippen molar-refractivity contribution in [1.29, 1.82) is 0 Å². The molecular weight excluding hydrogens is 392 g/mol. The molecule has 0 aliphatic carbocycles. The van der Waals surface area contributed by atoms with E-state index in [-0.39, 0.29) is 16.9 Å². The first-order valence-corrected chi connectivity index (χ1v) is 9.85. The highest BCUT2D eigenvalue weighted by atomic mass is 35.5. The topological polar surface area (TPSA) is 79.7 Å². The second-order valence-corrected chi connectivity index (χ2v) is 7.56. The fraction of sp³-hybridized carbons (Fsp3) is 0.333. The van der Waals surface area contributed by atoms with Gasteiger partial charge in [-0.05, 0) is 38.1 Å². The SMILES string of the molecule is COc1cc(OC2CCN(C)CC2)c2c(Nc3ccc(O)c(Cl)c3)ncnc2c1. The smallest absolute Gasteiger partial charge is 0.145 e. The first-order chi connectivity index (χ1) is 14.0. The molecule has 0 spiro atoms. The maximum absolute atomic E-state index is 9.66. The van der Waals surface area contributed by atoms with E-state index in [9.17, 15) is 5.11 Å². The molecule has 0 unspecified atom stereocenters. The summed E-state index contributed by atoms with van der Waals surface area (Å²) in [6.07, 6.45) is 3.53. The number of anilines is 2. The van der Waals surface area contributed by atoms with Crippen LogP contribution in [0.25, 0.3) is 10.9 Å². The molecule has 4 rings (SSSR count). The van der Waals surface area contributed by atoms with Crippen molar-refractivity contribution in [2.24, 2.45) is 0 Å². The van der Waals surface area contributed by atoms with E-state index in [0.717, 1.165) is 36.8 Å². The summed E-state index contributed by atoms with van der Waals surface area (Å²) < 4.78 is 11.8. The number of hydrogen-bond acceptors (Lipinski definition) is 7. The molecule has 8 heteroatoms. The van der Waals surface area contributed by atoms with E-state index < -0.39 is 0 Å². The monoisotopic (exact) mass is 414 g/mol. The van der Waals surface area contributed by atoms with Crippen molar-refractivity contribution in [2.45, 2.75) is 18.9 Å². The minimum Gasteiger partial charge on any atom is -0.506 e. The molecule has 152 valence electrons. The third kappa shape index (κ3) is 4.31. The molecule has 2 N–H and O–H groups in total. The van der Waals surface area contributed by atoms with Gasteiger partial charge >= 0.3 is 0 Å². The molecule has 0 amide bonds. The Kier molecular flexibility index (Phi) is 5.60. The van der Waals surface area contributed by atoms with Gasteiger partial charge in [-0.3, -0.25) is 0 Å². The summed E-state index contributed by atoms with van der Waals surface area (Å²) >= 11 is 6.04. The van der Waals surface area contributed by atoms with Crippen molar-refractivity contribution >= 4 is 34.0 Å². The second kappa shape index (κ2) is 8.31. The highest BCUT2D eigenvalue weighted by Crippen LogP contribution is 2.37. The van der Waals surface area contributed by atoms with Gasteiger partial charge in [0.25, 0.3) is 0 Å². The third-order valence-electron chi connectivity index (χ3n) is 5.08. The van der Waals surface area contributed by atoms with Gasteiger partial charge in [-0.25, -0.2) is 9.97 Å². The number of nitrogens with one attached hydrogen (secondary N) is 1. The number of likely N-dealkylation sites (tertiary alicyclic amines) is 1. The number of nitrogens with zero attached hydrogens (tertiary/aromatic N) is 3. The van der Waals surface area contributed by atoms with E-state index in [2.05, 4.69) is 27.2 Å². The number of hydrogen-bond donors (Lipinski definition) is 2. The van der Waals surface area contributed by atoms with Crippen LogP contribution in [0.15, 0.2) is 36.7 Å². The normalized spacial score (nSPS) is 15.4. The van der Waals surface area contributed by atoms with Gasteiger partial charge in [0.15, 0.2) is 0 Å². The maximum Gasteiger partial charge on any atom is 0.145 e. The zero-order valence-electron chi connectivity index (χ0n) is 16.4. The minimum absolute atomic E-state index is 0.0285. The lowest BCUT2D eigenvalue weighted by Crippen LogP contribution is -2.35. The number of methoxy groups -OCH3 is 1. The number of halogens is 1. The zero-order valence-corrected chi connectivity index (χ0v) is 17.1. The van der Waals surface area contributed by atoms with Crippen molar-refractivity contribution in [3.8, 4) is 17.2 Å². The van der Waals surface area contributed by atoms with Crippen molar-refractivity contribution in [3.63, 3.8) is 0 Å². The summed E-state index contributed by atoms with van der Waals surface area (Å²) in [7, 11) is 3.75. The molecule has 0 saturated carbocycles. The average molecular weight is 415 g/mol. The predicted octanol–water partition coefficient (Wildman–Crippen LogP) is 4.21. The molecule has 2 heterocycles. The van der Waals surface area contributed by atoms with E-state index >= 15 is 0 Å². The number of phenolic OH excluding ortho intramolecular Hbond substituents is 1. The Morgan fingerprint density at radius 3 is 2.69 bits per heavy atom. The van der Waals surface area contributed by atoms with Crippen LogP contribution in [-0.2, 0) is 0 Å². The van der Waals surface area contributed by atoms with E-state index in [0.29, 0.717) is 23.0 Å². The molecule has 2 aromatic carbocycles. The van der Waals surface area contributed by atoms with Crippen LogP contribution in [0.1, 0.15) is 12.8 Å². The van der Waals surface area contributed by atoms with Crippen molar-refractivity contribution in [3.05, 3.63) is 41.7 Å². The van der Waals surface area contributed by atoms with Crippen molar-refractivity contribution in [1.82, 2.24) is 14.9 Å². The average Bonchev–Trinajstić information content (AvgIpc) is 2.72. The Morgan fingerprint density at radius 2 is 1.97 bits per heavy atom. The second-order valence-electron chi connectivity index (χ2n) is 7.15. The van der Waals surface area contributed by atoms with E-state index in [1.54, 1.807) is 19.2 Å². The molecule has 29 heavy (non-hydrogen) atoms. The number of aromatic hydroxyl groups is 1. The number of piperidine rings is 1. The third-order valence-corrected chi connectivity index (χ3v) is 5.38. The zero-order chi connectivity index (χ0) is 20.4. The van der Waals surface area contributed by atoms with E-state index in [1.807, 2.05) is 12.1 Å². The van der Waals surface area contributed by atoms with Crippen LogP contribution in [0.4, 0.5) is 11.5 Å². The van der Waals surface area contributed by atoms with Crippen LogP contribution in [0.3, 0.4) is 0 Å². The maximum atomic E-state index is 9.66. The van der Waals surface area contributed by atoms with Gasteiger partial charge in [-0.1, -0.05) is 11.6 Å². The Bertz CT molecular complexity index is 1020. The number of benzene rings is 2. The summed E-state index contributed by atoms with van der Waals surface area (Å²) in [5.74, 6) is 1.99. The summed E-state index contributed by atoms with van der Waals surface area (Å²) in [4.78, 5) is 11.1. The van der Waals surface area contributed by atoms with Gasteiger partial charge in [0.2, 0.25) is 0 Å². The molecule has 1 aliphatic heterocycles. The summed E-state index contributed by atoms with van der Waals surface area (Å²) in [6, 6.07) is 8.64. The van der Waals surface area contributed by atoms with Gasteiger partial charge in [0, 0.05) is 30.9 Å². The first-order valence-electron chi connectivity index (χ1n) is 9.47. The molecule has 0 bridgehead atoms. The largest absolute Gasteiger partial charge is 0.506 e. The van der Waals surface area contributed by atoms with Crippen LogP contribution in [0.5, 0.6) is 17.2 Å². The minimum atomic E-state index is 0.0285. The van der Waals surface area contributed by atoms with Crippen LogP contribution >= 0.6 is 11.6 Å². The van der Waals surface area contributed by atoms with Crippen LogP contribution in [0, 0.1) is 0 Å². The lowest BCUT2D eigenvalue weighted by molar-refractivity contribution is 0.115. The van der Waals surface area contributed by atoms with Gasteiger partial charge < -0.3 is 24.8 Å².